The Morgan fingerprint density at radius 2 is 1.79 bits per heavy atom. The lowest BCUT2D eigenvalue weighted by Gasteiger charge is -2.20. The number of rotatable bonds is 2. The molecule has 4 rings (SSSR count). The van der Waals surface area contributed by atoms with E-state index in [2.05, 4.69) is 0 Å². The molecule has 5 nitrogen and oxygen atoms in total. The standard InChI is InChI=1S/C24H18O5/c1-4-5-7-12(2)18-11-17(26)19-13(3)10-15-21(24(19)29-18)23(28)20-14(22(15)27)8-6-9-16(20)25/h4-11,25H,1-3H3/b5-4-,12-7+. The topological polar surface area (TPSA) is 84.6 Å². The Morgan fingerprint density at radius 3 is 2.52 bits per heavy atom. The fourth-order valence-electron chi connectivity index (χ4n) is 3.69. The van der Waals surface area contributed by atoms with Crippen LogP contribution in [-0.4, -0.2) is 16.7 Å². The zero-order valence-corrected chi connectivity index (χ0v) is 16.2. The molecule has 1 aliphatic rings. The minimum absolute atomic E-state index is 0.0161. The van der Waals surface area contributed by atoms with Crippen molar-refractivity contribution in [2.75, 3.05) is 0 Å². The summed E-state index contributed by atoms with van der Waals surface area (Å²) in [5.41, 5.74) is 1.30. The normalized spacial score (nSPS) is 13.8. The summed E-state index contributed by atoms with van der Waals surface area (Å²) in [5.74, 6) is -0.877. The highest BCUT2D eigenvalue weighted by Gasteiger charge is 2.35. The third-order valence-electron chi connectivity index (χ3n) is 5.11. The second-order valence-electron chi connectivity index (χ2n) is 7.03. The van der Waals surface area contributed by atoms with Gasteiger partial charge >= 0.3 is 0 Å². The molecule has 3 aromatic rings. The molecule has 0 bridgehead atoms. The van der Waals surface area contributed by atoms with Crippen molar-refractivity contribution in [1.82, 2.24) is 0 Å². The quantitative estimate of drug-likeness (QED) is 0.511. The molecule has 0 saturated heterocycles. The number of carbonyl (C=O) groups excluding carboxylic acids is 2. The van der Waals surface area contributed by atoms with Crippen LogP contribution in [0.4, 0.5) is 0 Å². The second kappa shape index (κ2) is 6.71. The molecular weight excluding hydrogens is 368 g/mol. The molecule has 0 spiro atoms. The molecule has 0 radical (unpaired) electrons. The Labute approximate surface area is 166 Å². The number of phenolic OH excluding ortho intramolecular Hbond substituents is 1. The molecule has 0 amide bonds. The minimum atomic E-state index is -0.534. The number of ketones is 2. The molecule has 1 N–H and O–H groups in total. The van der Waals surface area contributed by atoms with Crippen molar-refractivity contribution in [1.29, 1.82) is 0 Å². The van der Waals surface area contributed by atoms with Crippen LogP contribution in [0.5, 0.6) is 5.75 Å². The average molecular weight is 386 g/mol. The molecule has 2 aromatic carbocycles. The maximum atomic E-state index is 13.3. The molecule has 0 fully saturated rings. The molecular formula is C24H18O5. The summed E-state index contributed by atoms with van der Waals surface area (Å²) in [7, 11) is 0. The first-order chi connectivity index (χ1) is 13.8. The van der Waals surface area contributed by atoms with Gasteiger partial charge in [-0.25, -0.2) is 0 Å². The minimum Gasteiger partial charge on any atom is -0.507 e. The molecule has 0 unspecified atom stereocenters. The Morgan fingerprint density at radius 1 is 1.03 bits per heavy atom. The number of allylic oxidation sites excluding steroid dienone is 4. The summed E-state index contributed by atoms with van der Waals surface area (Å²) >= 11 is 0. The third kappa shape index (κ3) is 2.74. The van der Waals surface area contributed by atoms with Crippen molar-refractivity contribution in [2.45, 2.75) is 20.8 Å². The van der Waals surface area contributed by atoms with Gasteiger partial charge in [-0.05, 0) is 44.0 Å². The van der Waals surface area contributed by atoms with Crippen molar-refractivity contribution in [3.63, 3.8) is 0 Å². The monoisotopic (exact) mass is 386 g/mol. The van der Waals surface area contributed by atoms with E-state index in [0.717, 1.165) is 0 Å². The number of hydrogen-bond acceptors (Lipinski definition) is 5. The summed E-state index contributed by atoms with van der Waals surface area (Å²) in [4.78, 5) is 39.1. The summed E-state index contributed by atoms with van der Waals surface area (Å²) in [6, 6.07) is 7.32. The van der Waals surface area contributed by atoms with Crippen molar-refractivity contribution in [2.24, 2.45) is 0 Å². The molecule has 1 aliphatic carbocycles. The molecule has 0 atom stereocenters. The number of phenols is 1. The number of fused-ring (bicyclic) bond motifs is 4. The maximum Gasteiger partial charge on any atom is 0.202 e. The molecule has 1 aromatic heterocycles. The second-order valence-corrected chi connectivity index (χ2v) is 7.03. The van der Waals surface area contributed by atoms with E-state index in [-0.39, 0.29) is 50.2 Å². The molecule has 5 heteroatoms. The van der Waals surface area contributed by atoms with Crippen LogP contribution in [0, 0.1) is 6.92 Å². The van der Waals surface area contributed by atoms with Gasteiger partial charge in [-0.2, -0.15) is 0 Å². The summed E-state index contributed by atoms with van der Waals surface area (Å²) in [6.45, 7) is 5.37. The van der Waals surface area contributed by atoms with Crippen molar-refractivity contribution in [3.8, 4) is 5.75 Å². The van der Waals surface area contributed by atoms with Crippen LogP contribution in [0.1, 0.15) is 57.0 Å². The van der Waals surface area contributed by atoms with Gasteiger partial charge in [0.15, 0.2) is 16.8 Å². The zero-order valence-electron chi connectivity index (χ0n) is 16.2. The molecule has 0 saturated carbocycles. The number of carbonyl (C=O) groups is 2. The summed E-state index contributed by atoms with van der Waals surface area (Å²) in [6.07, 6.45) is 5.45. The van der Waals surface area contributed by atoms with Crippen LogP contribution >= 0.6 is 0 Å². The van der Waals surface area contributed by atoms with Gasteiger partial charge in [0.2, 0.25) is 5.78 Å². The van der Waals surface area contributed by atoms with E-state index < -0.39 is 5.78 Å². The Hall–Kier alpha value is -3.73. The third-order valence-corrected chi connectivity index (χ3v) is 5.11. The first-order valence-corrected chi connectivity index (χ1v) is 9.18. The highest BCUT2D eigenvalue weighted by atomic mass is 16.3. The van der Waals surface area contributed by atoms with Crippen LogP contribution in [0.3, 0.4) is 0 Å². The van der Waals surface area contributed by atoms with Gasteiger partial charge in [0.1, 0.15) is 11.5 Å². The van der Waals surface area contributed by atoms with Gasteiger partial charge in [-0.3, -0.25) is 14.4 Å². The number of hydrogen-bond donors (Lipinski definition) is 1. The van der Waals surface area contributed by atoms with Gasteiger partial charge in [-0.15, -0.1) is 0 Å². The lowest BCUT2D eigenvalue weighted by Crippen LogP contribution is -2.22. The SMILES string of the molecule is C/C=C\C=C(/C)c1cc(=O)c2c(C)cc3c(c2o1)C(=O)c1c(O)cccc1C3=O. The first-order valence-electron chi connectivity index (χ1n) is 9.18. The Bertz CT molecular complexity index is 1340. The van der Waals surface area contributed by atoms with E-state index >= 15 is 0 Å². The van der Waals surface area contributed by atoms with E-state index in [1.165, 1.54) is 24.3 Å². The van der Waals surface area contributed by atoms with Gasteiger partial charge in [-0.1, -0.05) is 30.4 Å². The average Bonchev–Trinajstić information content (AvgIpc) is 2.69. The Kier molecular flexibility index (Phi) is 4.31. The van der Waals surface area contributed by atoms with E-state index in [0.29, 0.717) is 16.9 Å². The largest absolute Gasteiger partial charge is 0.507 e. The van der Waals surface area contributed by atoms with E-state index in [1.807, 2.05) is 19.1 Å². The number of benzene rings is 2. The van der Waals surface area contributed by atoms with Gasteiger partial charge in [0.25, 0.3) is 0 Å². The molecule has 0 aliphatic heterocycles. The number of aryl methyl sites for hydroxylation is 1. The zero-order chi connectivity index (χ0) is 20.9. The molecule has 29 heavy (non-hydrogen) atoms. The molecule has 1 heterocycles. The summed E-state index contributed by atoms with van der Waals surface area (Å²) in [5, 5.41) is 10.5. The van der Waals surface area contributed by atoms with Gasteiger partial charge < -0.3 is 9.52 Å². The van der Waals surface area contributed by atoms with E-state index in [9.17, 15) is 19.5 Å². The molecule has 144 valence electrons. The summed E-state index contributed by atoms with van der Waals surface area (Å²) < 4.78 is 6.00. The lowest BCUT2D eigenvalue weighted by atomic mass is 9.81. The predicted octanol–water partition coefficient (Wildman–Crippen LogP) is 4.56. The van der Waals surface area contributed by atoms with Crippen molar-refractivity contribution in [3.05, 3.63) is 92.4 Å². The Balaban J connectivity index is 2.12. The van der Waals surface area contributed by atoms with E-state index in [4.69, 9.17) is 4.42 Å². The van der Waals surface area contributed by atoms with Crippen molar-refractivity contribution < 1.29 is 19.1 Å². The van der Waals surface area contributed by atoms with Crippen LogP contribution < -0.4 is 5.43 Å². The van der Waals surface area contributed by atoms with Crippen LogP contribution in [0.15, 0.2) is 57.8 Å². The van der Waals surface area contributed by atoms with Crippen molar-refractivity contribution >= 4 is 28.1 Å². The predicted molar refractivity (Wildman–Crippen MR) is 111 cm³/mol. The van der Waals surface area contributed by atoms with Gasteiger partial charge in [0, 0.05) is 17.2 Å². The highest BCUT2D eigenvalue weighted by Crippen LogP contribution is 2.37. The fraction of sp³-hybridized carbons (Fsp3) is 0.125. The number of aromatic hydroxyl groups is 1. The van der Waals surface area contributed by atoms with Gasteiger partial charge in [0.05, 0.1) is 16.5 Å². The first kappa shape index (κ1) is 18.6. The van der Waals surface area contributed by atoms with Crippen LogP contribution in [-0.2, 0) is 0 Å². The van der Waals surface area contributed by atoms with Crippen LogP contribution in [0.2, 0.25) is 0 Å². The van der Waals surface area contributed by atoms with E-state index in [1.54, 1.807) is 26.0 Å². The van der Waals surface area contributed by atoms with Crippen LogP contribution in [0.25, 0.3) is 16.5 Å². The lowest BCUT2D eigenvalue weighted by molar-refractivity contribution is 0.0977. The highest BCUT2D eigenvalue weighted by molar-refractivity contribution is 6.32. The smallest absolute Gasteiger partial charge is 0.202 e. The fourth-order valence-corrected chi connectivity index (χ4v) is 3.69. The maximum absolute atomic E-state index is 13.3.